The van der Waals surface area contributed by atoms with Crippen molar-refractivity contribution in [3.63, 3.8) is 0 Å². The largest absolute Gasteiger partial charge is 0.478 e. The van der Waals surface area contributed by atoms with Crippen LogP contribution in [-0.4, -0.2) is 59.9 Å². The number of aromatic amines is 2. The van der Waals surface area contributed by atoms with Crippen LogP contribution >= 0.6 is 0 Å². The zero-order valence-corrected chi connectivity index (χ0v) is 16.0. The standard InChI is InChI=1S/C18H20N4O5S/c1-22(10-4-6-19-7-5-10)28(26,27)11-2-3-14-12(8-11)15-13(18(24)25)9-20-16(15)17(23)21-14/h2-3,8-10,19-20H,4-7H2,1H3,(H,21,23)(H,24,25). The second kappa shape index (κ2) is 6.73. The maximum absolute atomic E-state index is 13.1. The SMILES string of the molecule is CN(C1CCNCC1)S(=O)(=O)c1ccc2[nH]c(=O)c3[nH]cc(C(=O)O)c3c2c1. The van der Waals surface area contributed by atoms with Crippen LogP contribution in [0, 0.1) is 0 Å². The van der Waals surface area contributed by atoms with E-state index in [1.165, 1.54) is 28.7 Å². The molecule has 0 saturated carbocycles. The number of carboxylic acids is 1. The summed E-state index contributed by atoms with van der Waals surface area (Å²) in [5.74, 6) is -1.20. The highest BCUT2D eigenvalue weighted by Crippen LogP contribution is 2.29. The maximum atomic E-state index is 13.1. The van der Waals surface area contributed by atoms with Crippen LogP contribution in [0.25, 0.3) is 21.8 Å². The Morgan fingerprint density at radius 2 is 1.96 bits per heavy atom. The molecule has 0 spiro atoms. The number of nitrogens with zero attached hydrogens (tertiary/aromatic N) is 1. The lowest BCUT2D eigenvalue weighted by atomic mass is 10.1. The summed E-state index contributed by atoms with van der Waals surface area (Å²) in [7, 11) is -2.20. The summed E-state index contributed by atoms with van der Waals surface area (Å²) in [4.78, 5) is 29.2. The van der Waals surface area contributed by atoms with Crippen LogP contribution in [0.5, 0.6) is 0 Å². The van der Waals surface area contributed by atoms with E-state index in [0.717, 1.165) is 25.9 Å². The number of hydrogen-bond acceptors (Lipinski definition) is 5. The number of pyridine rings is 1. The maximum Gasteiger partial charge on any atom is 0.337 e. The van der Waals surface area contributed by atoms with Crippen LogP contribution in [0.15, 0.2) is 34.1 Å². The first-order valence-electron chi connectivity index (χ1n) is 8.90. The summed E-state index contributed by atoms with van der Waals surface area (Å²) in [6.07, 6.45) is 2.69. The quantitative estimate of drug-likeness (QED) is 0.514. The Hall–Kier alpha value is -2.69. The number of aromatic carboxylic acids is 1. The Balaban J connectivity index is 1.90. The average molecular weight is 404 g/mol. The third-order valence-electron chi connectivity index (χ3n) is 5.35. The van der Waals surface area contributed by atoms with Crippen molar-refractivity contribution < 1.29 is 18.3 Å². The molecule has 1 fully saturated rings. The number of sulfonamides is 1. The Morgan fingerprint density at radius 3 is 2.64 bits per heavy atom. The number of nitrogens with one attached hydrogen (secondary N) is 3. The van der Waals surface area contributed by atoms with Crippen LogP contribution in [0.1, 0.15) is 23.2 Å². The fourth-order valence-electron chi connectivity index (χ4n) is 3.77. The molecular formula is C18H20N4O5S. The van der Waals surface area contributed by atoms with Gasteiger partial charge in [0.2, 0.25) is 10.0 Å². The van der Waals surface area contributed by atoms with Gasteiger partial charge in [0.05, 0.1) is 10.5 Å². The monoisotopic (exact) mass is 404 g/mol. The predicted molar refractivity (Wildman–Crippen MR) is 104 cm³/mol. The lowest BCUT2D eigenvalue weighted by Crippen LogP contribution is -2.43. The molecule has 4 rings (SSSR count). The smallest absolute Gasteiger partial charge is 0.337 e. The molecule has 0 unspecified atom stereocenters. The molecule has 1 aliphatic rings. The molecule has 148 valence electrons. The first-order chi connectivity index (χ1) is 13.3. The van der Waals surface area contributed by atoms with Crippen molar-refractivity contribution in [2.75, 3.05) is 20.1 Å². The summed E-state index contributed by atoms with van der Waals surface area (Å²) in [5.41, 5.74) is -0.0565. The third kappa shape index (κ3) is 2.89. The molecule has 9 nitrogen and oxygen atoms in total. The van der Waals surface area contributed by atoms with Crippen LogP contribution in [0.4, 0.5) is 0 Å². The van der Waals surface area contributed by atoms with Crippen LogP contribution < -0.4 is 10.9 Å². The Bertz CT molecular complexity index is 1240. The van der Waals surface area contributed by atoms with Gasteiger partial charge in [0, 0.05) is 35.6 Å². The zero-order valence-electron chi connectivity index (χ0n) is 15.2. The summed E-state index contributed by atoms with van der Waals surface area (Å²) in [6.45, 7) is 1.52. The van der Waals surface area contributed by atoms with E-state index in [0.29, 0.717) is 10.9 Å². The molecule has 1 saturated heterocycles. The minimum absolute atomic E-state index is 0.0620. The highest BCUT2D eigenvalue weighted by molar-refractivity contribution is 7.89. The number of hydrogen-bond donors (Lipinski definition) is 4. The summed E-state index contributed by atoms with van der Waals surface area (Å²) >= 11 is 0. The van der Waals surface area contributed by atoms with Crippen molar-refractivity contribution >= 4 is 37.8 Å². The molecule has 0 amide bonds. The number of piperidine rings is 1. The van der Waals surface area contributed by atoms with Gasteiger partial charge in [-0.05, 0) is 44.1 Å². The van der Waals surface area contributed by atoms with Gasteiger partial charge in [0.25, 0.3) is 5.56 Å². The average Bonchev–Trinajstić information content (AvgIpc) is 3.14. The number of fused-ring (bicyclic) bond motifs is 3. The summed E-state index contributed by atoms with van der Waals surface area (Å²) in [5, 5.41) is 13.2. The Kier molecular flexibility index (Phi) is 4.48. The van der Waals surface area contributed by atoms with E-state index < -0.39 is 21.6 Å². The van der Waals surface area contributed by atoms with Gasteiger partial charge in [0.1, 0.15) is 5.52 Å². The minimum Gasteiger partial charge on any atom is -0.478 e. The first-order valence-corrected chi connectivity index (χ1v) is 10.3. The molecule has 4 N–H and O–H groups in total. The van der Waals surface area contributed by atoms with Gasteiger partial charge < -0.3 is 20.4 Å². The van der Waals surface area contributed by atoms with Crippen molar-refractivity contribution in [1.29, 1.82) is 0 Å². The number of carbonyl (C=O) groups is 1. The number of aromatic nitrogens is 2. The zero-order chi connectivity index (χ0) is 20.1. The molecule has 2 aromatic heterocycles. The Labute approximate surface area is 160 Å². The van der Waals surface area contributed by atoms with E-state index in [9.17, 15) is 23.1 Å². The third-order valence-corrected chi connectivity index (χ3v) is 7.25. The molecule has 3 aromatic rings. The molecule has 0 aliphatic carbocycles. The topological polar surface area (TPSA) is 135 Å². The van der Waals surface area contributed by atoms with Crippen molar-refractivity contribution in [2.45, 2.75) is 23.8 Å². The van der Waals surface area contributed by atoms with Crippen molar-refractivity contribution in [2.24, 2.45) is 0 Å². The van der Waals surface area contributed by atoms with Gasteiger partial charge in [-0.2, -0.15) is 4.31 Å². The number of benzene rings is 1. The van der Waals surface area contributed by atoms with Gasteiger partial charge in [-0.15, -0.1) is 0 Å². The number of rotatable bonds is 4. The van der Waals surface area contributed by atoms with Crippen molar-refractivity contribution in [3.05, 3.63) is 40.3 Å². The van der Waals surface area contributed by atoms with Gasteiger partial charge in [0.15, 0.2) is 0 Å². The molecule has 28 heavy (non-hydrogen) atoms. The molecule has 1 aromatic carbocycles. The van der Waals surface area contributed by atoms with E-state index in [2.05, 4.69) is 15.3 Å². The minimum atomic E-state index is -3.77. The van der Waals surface area contributed by atoms with Gasteiger partial charge in [-0.25, -0.2) is 13.2 Å². The summed E-state index contributed by atoms with van der Waals surface area (Å²) in [6, 6.07) is 4.27. The lowest BCUT2D eigenvalue weighted by Gasteiger charge is -2.30. The van der Waals surface area contributed by atoms with Crippen LogP contribution in [-0.2, 0) is 10.0 Å². The fourth-order valence-corrected chi connectivity index (χ4v) is 5.21. The van der Waals surface area contributed by atoms with E-state index in [-0.39, 0.29) is 27.4 Å². The van der Waals surface area contributed by atoms with E-state index in [4.69, 9.17) is 0 Å². The fraction of sp³-hybridized carbons (Fsp3) is 0.333. The molecule has 3 heterocycles. The molecular weight excluding hydrogens is 384 g/mol. The molecule has 0 atom stereocenters. The van der Waals surface area contributed by atoms with Crippen LogP contribution in [0.2, 0.25) is 0 Å². The Morgan fingerprint density at radius 1 is 1.25 bits per heavy atom. The van der Waals surface area contributed by atoms with E-state index >= 15 is 0 Å². The first kappa shape index (κ1) is 18.7. The van der Waals surface area contributed by atoms with Crippen LogP contribution in [0.3, 0.4) is 0 Å². The van der Waals surface area contributed by atoms with Gasteiger partial charge >= 0.3 is 5.97 Å². The second-order valence-corrected chi connectivity index (χ2v) is 8.92. The summed E-state index contributed by atoms with van der Waals surface area (Å²) < 4.78 is 27.7. The number of H-pyrrole nitrogens is 2. The lowest BCUT2D eigenvalue weighted by molar-refractivity contribution is 0.0699. The molecule has 1 aliphatic heterocycles. The predicted octanol–water partition coefficient (Wildman–Crippen LogP) is 1.08. The van der Waals surface area contributed by atoms with E-state index in [1.54, 1.807) is 7.05 Å². The normalized spacial score (nSPS) is 16.2. The van der Waals surface area contributed by atoms with Gasteiger partial charge in [-0.3, -0.25) is 4.79 Å². The number of carboxylic acid groups (broad SMARTS) is 1. The molecule has 10 heteroatoms. The van der Waals surface area contributed by atoms with Crippen molar-refractivity contribution in [3.8, 4) is 0 Å². The van der Waals surface area contributed by atoms with E-state index in [1.807, 2.05) is 0 Å². The van der Waals surface area contributed by atoms with Gasteiger partial charge in [-0.1, -0.05) is 0 Å². The van der Waals surface area contributed by atoms with Crippen molar-refractivity contribution in [1.82, 2.24) is 19.6 Å². The molecule has 0 bridgehead atoms. The highest BCUT2D eigenvalue weighted by Gasteiger charge is 2.29. The second-order valence-electron chi connectivity index (χ2n) is 6.92. The molecule has 0 radical (unpaired) electrons. The highest BCUT2D eigenvalue weighted by atomic mass is 32.2.